The SMILES string of the molecule is COc1cccc(OC)c1C1CCCCC(=O)N1Cc1ccc2oc3ccccc3c2c1.COc1cccc(OC)c1C1CCCCC(=O)N1Cc1cnc(OC(F)F)c(Cl)c1. The molecule has 0 aliphatic carbocycles. The topological polar surface area (TPSA) is 113 Å². The lowest BCUT2D eigenvalue weighted by Gasteiger charge is -2.32. The molecule has 2 amide bonds. The number of amides is 2. The van der Waals surface area contributed by atoms with E-state index in [-0.39, 0.29) is 41.3 Å². The number of aromatic nitrogens is 1. The van der Waals surface area contributed by atoms with Crippen LogP contribution < -0.4 is 23.7 Å². The molecular formula is C48H50ClF2N3O8. The fraction of sp³-hybridized carbons (Fsp3) is 0.354. The summed E-state index contributed by atoms with van der Waals surface area (Å²) in [5.41, 5.74) is 5.17. The minimum Gasteiger partial charge on any atom is -0.496 e. The molecule has 14 heteroatoms. The molecule has 4 heterocycles. The highest BCUT2D eigenvalue weighted by Gasteiger charge is 2.34. The Balaban J connectivity index is 0.000000187. The van der Waals surface area contributed by atoms with Crippen LogP contribution in [0.5, 0.6) is 28.9 Å². The number of carbonyl (C=O) groups is 2. The first kappa shape index (κ1) is 44.0. The maximum absolute atomic E-state index is 13.3. The summed E-state index contributed by atoms with van der Waals surface area (Å²) in [4.78, 5) is 33.8. The predicted octanol–water partition coefficient (Wildman–Crippen LogP) is 11.2. The summed E-state index contributed by atoms with van der Waals surface area (Å²) < 4.78 is 57.6. The number of halogens is 3. The van der Waals surface area contributed by atoms with Crippen LogP contribution in [0.2, 0.25) is 5.02 Å². The molecule has 8 rings (SSSR count). The first-order valence-corrected chi connectivity index (χ1v) is 21.0. The number of hydrogen-bond acceptors (Lipinski definition) is 9. The molecule has 326 valence electrons. The van der Waals surface area contributed by atoms with E-state index in [0.717, 1.165) is 88.7 Å². The van der Waals surface area contributed by atoms with Crippen LogP contribution in [0.25, 0.3) is 21.9 Å². The van der Waals surface area contributed by atoms with Crippen molar-refractivity contribution in [2.24, 2.45) is 0 Å². The number of hydrogen-bond donors (Lipinski definition) is 0. The van der Waals surface area contributed by atoms with Gasteiger partial charge in [-0.05, 0) is 85.3 Å². The number of para-hydroxylation sites is 1. The molecule has 2 aliphatic heterocycles. The molecule has 4 aromatic carbocycles. The average Bonchev–Trinajstić information content (AvgIpc) is 3.43. The molecule has 11 nitrogen and oxygen atoms in total. The zero-order valence-electron chi connectivity index (χ0n) is 35.2. The molecule has 62 heavy (non-hydrogen) atoms. The van der Waals surface area contributed by atoms with Crippen LogP contribution >= 0.6 is 11.6 Å². The monoisotopic (exact) mass is 869 g/mol. The predicted molar refractivity (Wildman–Crippen MR) is 232 cm³/mol. The van der Waals surface area contributed by atoms with Crippen molar-refractivity contribution in [1.29, 1.82) is 0 Å². The summed E-state index contributed by atoms with van der Waals surface area (Å²) in [6.07, 6.45) is 7.51. The Hall–Kier alpha value is -6.08. The zero-order valence-corrected chi connectivity index (χ0v) is 36.0. The van der Waals surface area contributed by atoms with Gasteiger partial charge in [-0.15, -0.1) is 0 Å². The molecule has 2 aromatic heterocycles. The molecule has 2 fully saturated rings. The summed E-state index contributed by atoms with van der Waals surface area (Å²) >= 11 is 6.04. The third kappa shape index (κ3) is 9.68. The molecule has 0 bridgehead atoms. The molecule has 0 radical (unpaired) electrons. The highest BCUT2D eigenvalue weighted by Crippen LogP contribution is 2.44. The number of rotatable bonds is 12. The van der Waals surface area contributed by atoms with Gasteiger partial charge in [-0.1, -0.05) is 60.8 Å². The fourth-order valence-corrected chi connectivity index (χ4v) is 8.81. The van der Waals surface area contributed by atoms with E-state index in [1.165, 1.54) is 12.3 Å². The Kier molecular flexibility index (Phi) is 14.3. The van der Waals surface area contributed by atoms with E-state index >= 15 is 0 Å². The first-order chi connectivity index (χ1) is 30.1. The van der Waals surface area contributed by atoms with Crippen molar-refractivity contribution in [2.45, 2.75) is 83.2 Å². The van der Waals surface area contributed by atoms with Crippen LogP contribution in [0, 0.1) is 0 Å². The van der Waals surface area contributed by atoms with E-state index in [2.05, 4.69) is 27.9 Å². The maximum Gasteiger partial charge on any atom is 0.388 e. The number of likely N-dealkylation sites (tertiary alicyclic amines) is 2. The third-order valence-electron chi connectivity index (χ3n) is 11.4. The Labute approximate surface area is 364 Å². The van der Waals surface area contributed by atoms with Gasteiger partial charge in [0.25, 0.3) is 0 Å². The van der Waals surface area contributed by atoms with Crippen LogP contribution in [0.1, 0.15) is 85.7 Å². The number of fused-ring (bicyclic) bond motifs is 3. The summed E-state index contributed by atoms with van der Waals surface area (Å²) in [5, 5.41) is 2.13. The van der Waals surface area contributed by atoms with E-state index in [1.807, 2.05) is 65.6 Å². The van der Waals surface area contributed by atoms with Crippen molar-refractivity contribution in [3.05, 3.63) is 118 Å². The zero-order chi connectivity index (χ0) is 43.8. The van der Waals surface area contributed by atoms with E-state index in [9.17, 15) is 18.4 Å². The fourth-order valence-electron chi connectivity index (χ4n) is 8.58. The second-order valence-electron chi connectivity index (χ2n) is 15.2. The van der Waals surface area contributed by atoms with E-state index in [1.54, 1.807) is 33.3 Å². The van der Waals surface area contributed by atoms with Gasteiger partial charge in [0.05, 0.1) is 51.6 Å². The van der Waals surface area contributed by atoms with Crippen molar-refractivity contribution < 1.29 is 46.5 Å². The van der Waals surface area contributed by atoms with Gasteiger partial charge in [-0.25, -0.2) is 4.98 Å². The Morgan fingerprint density at radius 3 is 1.69 bits per heavy atom. The van der Waals surface area contributed by atoms with Crippen LogP contribution in [0.4, 0.5) is 8.78 Å². The second kappa shape index (κ2) is 20.2. The normalized spacial score (nSPS) is 17.0. The molecular weight excluding hydrogens is 820 g/mol. The average molecular weight is 870 g/mol. The highest BCUT2D eigenvalue weighted by atomic mass is 35.5. The molecule has 2 aliphatic rings. The number of alkyl halides is 2. The summed E-state index contributed by atoms with van der Waals surface area (Å²) in [6.45, 7) is -2.28. The number of carbonyl (C=O) groups excluding carboxylic acids is 2. The number of nitrogens with zero attached hydrogens (tertiary/aromatic N) is 3. The van der Waals surface area contributed by atoms with E-state index < -0.39 is 6.61 Å². The number of furan rings is 1. The molecule has 0 saturated carbocycles. The van der Waals surface area contributed by atoms with Crippen molar-refractivity contribution in [1.82, 2.24) is 14.8 Å². The summed E-state index contributed by atoms with van der Waals surface area (Å²) in [6, 6.07) is 26.7. The first-order valence-electron chi connectivity index (χ1n) is 20.6. The third-order valence-corrected chi connectivity index (χ3v) is 11.7. The van der Waals surface area contributed by atoms with Gasteiger partial charge in [0, 0.05) is 42.9 Å². The maximum atomic E-state index is 13.3. The molecule has 2 atom stereocenters. The summed E-state index contributed by atoms with van der Waals surface area (Å²) in [5.74, 6) is 2.58. The quantitative estimate of drug-likeness (QED) is 0.119. The lowest BCUT2D eigenvalue weighted by Crippen LogP contribution is -2.33. The van der Waals surface area contributed by atoms with Crippen molar-refractivity contribution in [3.8, 4) is 28.9 Å². The van der Waals surface area contributed by atoms with Gasteiger partial charge in [0.15, 0.2) is 0 Å². The van der Waals surface area contributed by atoms with Gasteiger partial charge < -0.3 is 37.9 Å². The standard InChI is InChI=1S/C27H27NO4.C21H23ClF2N2O4/c1-30-24-11-7-12-25(31-2)27(24)21-9-4-6-13-26(29)28(21)17-18-14-15-23-20(16-18)19-8-3-5-10-22(19)32-23;1-28-16-7-5-8-17(29-2)19(16)15-6-3-4-9-18(27)26(15)12-13-10-14(22)20(25-11-13)30-21(23)24/h3,5,7-8,10-12,14-16,21H,4,6,9,13,17H2,1-2H3;5,7-8,10-11,15,21H,3-4,6,9,12H2,1-2H3. The number of pyridine rings is 1. The molecule has 0 spiro atoms. The summed E-state index contributed by atoms with van der Waals surface area (Å²) in [7, 11) is 6.48. The van der Waals surface area contributed by atoms with Crippen LogP contribution in [0.3, 0.4) is 0 Å². The number of benzene rings is 4. The Bertz CT molecular complexity index is 2470. The molecule has 2 saturated heterocycles. The molecule has 0 N–H and O–H groups in total. The second-order valence-corrected chi connectivity index (χ2v) is 15.6. The van der Waals surface area contributed by atoms with E-state index in [4.69, 9.17) is 35.0 Å². The minimum atomic E-state index is -3.02. The van der Waals surface area contributed by atoms with Gasteiger partial charge >= 0.3 is 6.61 Å². The number of methoxy groups -OCH3 is 4. The van der Waals surface area contributed by atoms with Gasteiger partial charge in [-0.3, -0.25) is 9.59 Å². The highest BCUT2D eigenvalue weighted by molar-refractivity contribution is 6.31. The van der Waals surface area contributed by atoms with Crippen molar-refractivity contribution in [2.75, 3.05) is 28.4 Å². The largest absolute Gasteiger partial charge is 0.496 e. The van der Waals surface area contributed by atoms with Gasteiger partial charge in [0.1, 0.15) is 39.2 Å². The smallest absolute Gasteiger partial charge is 0.388 e. The van der Waals surface area contributed by atoms with Crippen LogP contribution in [-0.4, -0.2) is 61.6 Å². The molecule has 2 unspecified atom stereocenters. The minimum absolute atomic E-state index is 0.0190. The Morgan fingerprint density at radius 2 is 1.18 bits per heavy atom. The lowest BCUT2D eigenvalue weighted by atomic mass is 9.97. The van der Waals surface area contributed by atoms with Gasteiger partial charge in [-0.2, -0.15) is 8.78 Å². The van der Waals surface area contributed by atoms with E-state index in [0.29, 0.717) is 36.4 Å². The van der Waals surface area contributed by atoms with Gasteiger partial charge in [0.2, 0.25) is 17.7 Å². The van der Waals surface area contributed by atoms with Crippen molar-refractivity contribution >= 4 is 45.4 Å². The number of ether oxygens (including phenoxy) is 5. The van der Waals surface area contributed by atoms with Crippen LogP contribution in [0.15, 0.2) is 95.5 Å². The Morgan fingerprint density at radius 1 is 0.661 bits per heavy atom. The lowest BCUT2D eigenvalue weighted by molar-refractivity contribution is -0.134. The molecule has 6 aromatic rings. The van der Waals surface area contributed by atoms with Crippen molar-refractivity contribution in [3.63, 3.8) is 0 Å². The van der Waals surface area contributed by atoms with Crippen LogP contribution in [-0.2, 0) is 22.7 Å².